The van der Waals surface area contributed by atoms with Gasteiger partial charge in [0, 0.05) is 19.8 Å². The van der Waals surface area contributed by atoms with Gasteiger partial charge in [-0.2, -0.15) is 13.1 Å². The molecule has 1 rings (SSSR count). The Morgan fingerprint density at radius 2 is 2.27 bits per heavy atom. The van der Waals surface area contributed by atoms with E-state index in [-0.39, 0.29) is 0 Å². The predicted molar refractivity (Wildman–Crippen MR) is 59.6 cm³/mol. The largest absolute Gasteiger partial charge is 0.396 e. The minimum absolute atomic E-state index is 0.321. The number of rotatable bonds is 4. The second-order valence-electron chi connectivity index (χ2n) is 2.90. The van der Waals surface area contributed by atoms with Crippen LogP contribution in [0.3, 0.4) is 0 Å². The molecule has 84 valence electrons. The van der Waals surface area contributed by atoms with E-state index in [0.717, 1.165) is 4.31 Å². The maximum Gasteiger partial charge on any atom is 0.301 e. The van der Waals surface area contributed by atoms with E-state index in [9.17, 15) is 8.42 Å². The molecule has 0 saturated carbocycles. The standard InChI is InChI=1S/C8H14N4O2S/c1-3-11-15(13,14)12(2)8-4-5-10-6-7(8)9/h4-6,11H,3,9H2,1-2H3. The molecule has 1 heterocycles. The van der Waals surface area contributed by atoms with Gasteiger partial charge in [0.15, 0.2) is 0 Å². The van der Waals surface area contributed by atoms with E-state index in [1.54, 1.807) is 13.0 Å². The lowest BCUT2D eigenvalue weighted by molar-refractivity contribution is 0.582. The van der Waals surface area contributed by atoms with Crippen molar-refractivity contribution in [2.24, 2.45) is 0 Å². The molecule has 0 fully saturated rings. The molecule has 0 amide bonds. The van der Waals surface area contributed by atoms with Crippen LogP contribution in [-0.2, 0) is 10.2 Å². The third kappa shape index (κ3) is 2.57. The monoisotopic (exact) mass is 230 g/mol. The quantitative estimate of drug-likeness (QED) is 0.759. The van der Waals surface area contributed by atoms with E-state index in [0.29, 0.717) is 17.9 Å². The number of nitrogens with zero attached hydrogens (tertiary/aromatic N) is 2. The summed E-state index contributed by atoms with van der Waals surface area (Å²) in [4.78, 5) is 3.79. The van der Waals surface area contributed by atoms with Crippen molar-refractivity contribution in [3.8, 4) is 0 Å². The number of hydrogen-bond acceptors (Lipinski definition) is 4. The Morgan fingerprint density at radius 1 is 1.60 bits per heavy atom. The summed E-state index contributed by atoms with van der Waals surface area (Å²) in [7, 11) is -2.08. The molecule has 0 bridgehead atoms. The molecule has 0 radical (unpaired) electrons. The van der Waals surface area contributed by atoms with Crippen LogP contribution >= 0.6 is 0 Å². The highest BCUT2D eigenvalue weighted by Gasteiger charge is 2.18. The number of nitrogens with two attached hydrogens (primary N) is 1. The Balaban J connectivity index is 3.05. The lowest BCUT2D eigenvalue weighted by atomic mass is 10.3. The smallest absolute Gasteiger partial charge is 0.301 e. The topological polar surface area (TPSA) is 88.3 Å². The predicted octanol–water partition coefficient (Wildman–Crippen LogP) is -0.0457. The van der Waals surface area contributed by atoms with Crippen molar-refractivity contribution in [2.75, 3.05) is 23.6 Å². The van der Waals surface area contributed by atoms with Gasteiger partial charge in [-0.25, -0.2) is 0 Å². The van der Waals surface area contributed by atoms with E-state index < -0.39 is 10.2 Å². The fourth-order valence-electron chi connectivity index (χ4n) is 1.09. The minimum atomic E-state index is -3.51. The summed E-state index contributed by atoms with van der Waals surface area (Å²) in [6.45, 7) is 2.04. The summed E-state index contributed by atoms with van der Waals surface area (Å²) in [6.07, 6.45) is 2.90. The van der Waals surface area contributed by atoms with Crippen molar-refractivity contribution in [1.82, 2.24) is 9.71 Å². The molecular weight excluding hydrogens is 216 g/mol. The van der Waals surface area contributed by atoms with Crippen molar-refractivity contribution in [2.45, 2.75) is 6.92 Å². The van der Waals surface area contributed by atoms with Crippen LogP contribution in [0.4, 0.5) is 11.4 Å². The normalized spacial score (nSPS) is 11.3. The molecule has 0 unspecified atom stereocenters. The highest BCUT2D eigenvalue weighted by atomic mass is 32.2. The highest BCUT2D eigenvalue weighted by molar-refractivity contribution is 7.90. The first kappa shape index (κ1) is 11.7. The van der Waals surface area contributed by atoms with Crippen LogP contribution in [0.1, 0.15) is 6.92 Å². The van der Waals surface area contributed by atoms with E-state index in [1.807, 2.05) is 0 Å². The Bertz CT molecular complexity index is 432. The Kier molecular flexibility index (Phi) is 3.48. The number of hydrogen-bond donors (Lipinski definition) is 2. The van der Waals surface area contributed by atoms with Gasteiger partial charge in [-0.05, 0) is 6.07 Å². The Hall–Kier alpha value is -1.34. The highest BCUT2D eigenvalue weighted by Crippen LogP contribution is 2.21. The summed E-state index contributed by atoms with van der Waals surface area (Å²) in [6, 6.07) is 1.55. The van der Waals surface area contributed by atoms with Gasteiger partial charge in [-0.3, -0.25) is 9.29 Å². The van der Waals surface area contributed by atoms with Crippen LogP contribution in [0.2, 0.25) is 0 Å². The van der Waals surface area contributed by atoms with Gasteiger partial charge >= 0.3 is 10.2 Å². The van der Waals surface area contributed by atoms with Gasteiger partial charge in [0.05, 0.1) is 17.6 Å². The van der Waals surface area contributed by atoms with Gasteiger partial charge in [-0.1, -0.05) is 6.92 Å². The molecule has 0 aliphatic carbocycles. The van der Waals surface area contributed by atoms with Crippen LogP contribution < -0.4 is 14.8 Å². The zero-order valence-electron chi connectivity index (χ0n) is 8.64. The van der Waals surface area contributed by atoms with Crippen LogP contribution in [0, 0.1) is 0 Å². The third-order valence-electron chi connectivity index (χ3n) is 1.85. The first-order valence-electron chi connectivity index (χ1n) is 4.42. The summed E-state index contributed by atoms with van der Waals surface area (Å²) in [5.74, 6) is 0. The lowest BCUT2D eigenvalue weighted by Gasteiger charge is -2.20. The number of pyridine rings is 1. The van der Waals surface area contributed by atoms with Crippen LogP contribution in [0.25, 0.3) is 0 Å². The number of nitrogen functional groups attached to an aromatic ring is 1. The summed E-state index contributed by atoms with van der Waals surface area (Å²) in [5.41, 5.74) is 6.35. The SMILES string of the molecule is CCNS(=O)(=O)N(C)c1ccncc1N. The van der Waals surface area contributed by atoms with Crippen molar-refractivity contribution in [3.63, 3.8) is 0 Å². The van der Waals surface area contributed by atoms with Crippen LogP contribution in [0.15, 0.2) is 18.5 Å². The second kappa shape index (κ2) is 4.45. The molecule has 0 spiro atoms. The Labute approximate surface area is 89.3 Å². The maximum atomic E-state index is 11.6. The average molecular weight is 230 g/mol. The molecule has 0 aliphatic rings. The number of aromatic nitrogens is 1. The van der Waals surface area contributed by atoms with E-state index in [2.05, 4.69) is 9.71 Å². The first-order chi connectivity index (χ1) is 6.99. The lowest BCUT2D eigenvalue weighted by Crippen LogP contribution is -2.38. The molecule has 0 saturated heterocycles. The second-order valence-corrected chi connectivity index (χ2v) is 4.69. The number of anilines is 2. The summed E-state index contributed by atoms with van der Waals surface area (Å²) >= 11 is 0. The average Bonchev–Trinajstić information content (AvgIpc) is 2.17. The molecule has 15 heavy (non-hydrogen) atoms. The van der Waals surface area contributed by atoms with Gasteiger partial charge in [0.25, 0.3) is 0 Å². The van der Waals surface area contributed by atoms with Gasteiger partial charge in [0.2, 0.25) is 0 Å². The van der Waals surface area contributed by atoms with Crippen molar-refractivity contribution in [3.05, 3.63) is 18.5 Å². The molecule has 3 N–H and O–H groups in total. The Morgan fingerprint density at radius 3 is 2.80 bits per heavy atom. The maximum absolute atomic E-state index is 11.6. The van der Waals surface area contributed by atoms with E-state index >= 15 is 0 Å². The molecule has 1 aromatic rings. The van der Waals surface area contributed by atoms with Gasteiger partial charge < -0.3 is 5.73 Å². The van der Waals surface area contributed by atoms with Crippen LogP contribution in [-0.4, -0.2) is 27.0 Å². The molecule has 0 aliphatic heterocycles. The fraction of sp³-hybridized carbons (Fsp3) is 0.375. The van der Waals surface area contributed by atoms with Crippen molar-refractivity contribution >= 4 is 21.6 Å². The van der Waals surface area contributed by atoms with Crippen molar-refractivity contribution < 1.29 is 8.42 Å². The van der Waals surface area contributed by atoms with Gasteiger partial charge in [-0.15, -0.1) is 0 Å². The fourth-order valence-corrected chi connectivity index (χ4v) is 2.08. The van der Waals surface area contributed by atoms with Crippen molar-refractivity contribution in [1.29, 1.82) is 0 Å². The molecule has 7 heteroatoms. The molecule has 0 atom stereocenters. The third-order valence-corrected chi connectivity index (χ3v) is 3.43. The molecule has 6 nitrogen and oxygen atoms in total. The van der Waals surface area contributed by atoms with Crippen LogP contribution in [0.5, 0.6) is 0 Å². The van der Waals surface area contributed by atoms with E-state index in [1.165, 1.54) is 19.4 Å². The zero-order chi connectivity index (χ0) is 11.5. The first-order valence-corrected chi connectivity index (χ1v) is 5.86. The van der Waals surface area contributed by atoms with Gasteiger partial charge in [0.1, 0.15) is 0 Å². The summed E-state index contributed by atoms with van der Waals surface area (Å²) in [5, 5.41) is 0. The molecule has 1 aromatic heterocycles. The van der Waals surface area contributed by atoms with E-state index in [4.69, 9.17) is 5.73 Å². The summed E-state index contributed by atoms with van der Waals surface area (Å²) < 4.78 is 26.7. The zero-order valence-corrected chi connectivity index (χ0v) is 9.45. The molecule has 0 aromatic carbocycles. The number of nitrogens with one attached hydrogen (secondary N) is 1. The minimum Gasteiger partial charge on any atom is -0.396 e. The molecular formula is C8H14N4O2S.